The van der Waals surface area contributed by atoms with Crippen LogP contribution in [0.5, 0.6) is 0 Å². The Morgan fingerprint density at radius 2 is 1.83 bits per heavy atom. The van der Waals surface area contributed by atoms with E-state index < -0.39 is 0 Å². The fraction of sp³-hybridized carbons (Fsp3) is 0.833. The van der Waals surface area contributed by atoms with Gasteiger partial charge in [0.15, 0.2) is 0 Å². The van der Waals surface area contributed by atoms with E-state index >= 15 is 0 Å². The number of amides is 2. The van der Waals surface area contributed by atoms with Crippen LogP contribution in [0.3, 0.4) is 0 Å². The summed E-state index contributed by atoms with van der Waals surface area (Å²) in [6.45, 7) is 9.39. The van der Waals surface area contributed by atoms with Gasteiger partial charge >= 0.3 is 5.97 Å². The second-order valence-corrected chi connectivity index (χ2v) is 13.4. The van der Waals surface area contributed by atoms with Crippen LogP contribution in [-0.2, 0) is 19.1 Å². The summed E-state index contributed by atoms with van der Waals surface area (Å²) in [6, 6.07) is 0. The first-order valence-corrected chi connectivity index (χ1v) is 14.6. The van der Waals surface area contributed by atoms with Crippen LogP contribution in [0.2, 0.25) is 0 Å². The van der Waals surface area contributed by atoms with Crippen molar-refractivity contribution in [3.05, 3.63) is 11.6 Å². The van der Waals surface area contributed by atoms with Gasteiger partial charge in [0.1, 0.15) is 0 Å². The SMILES string of the molecule is COC(=O)C1CCCC2(C)C1CCC13C(C(C)C)=CC(CC21)C1C(=O)N(CN2CCCCC2)C(=O)C13. The minimum atomic E-state index is -0.250. The molecule has 2 aliphatic heterocycles. The van der Waals surface area contributed by atoms with Gasteiger partial charge in [0.05, 0.1) is 31.5 Å². The monoisotopic (exact) mass is 496 g/mol. The fourth-order valence-corrected chi connectivity index (χ4v) is 10.4. The molecule has 5 fully saturated rings. The number of fused-ring (bicyclic) bond motifs is 1. The second-order valence-electron chi connectivity index (χ2n) is 13.4. The quantitative estimate of drug-likeness (QED) is 0.322. The molecule has 2 bridgehead atoms. The molecule has 36 heavy (non-hydrogen) atoms. The molecule has 2 saturated heterocycles. The summed E-state index contributed by atoms with van der Waals surface area (Å²) < 4.78 is 5.27. The number of carbonyl (C=O) groups excluding carboxylic acids is 3. The van der Waals surface area contributed by atoms with E-state index in [-0.39, 0.29) is 52.3 Å². The zero-order chi connectivity index (χ0) is 25.4. The van der Waals surface area contributed by atoms with Gasteiger partial charge in [-0.1, -0.05) is 45.3 Å². The lowest BCUT2D eigenvalue weighted by Crippen LogP contribution is -2.64. The molecule has 0 aromatic heterocycles. The van der Waals surface area contributed by atoms with Gasteiger partial charge in [-0.15, -0.1) is 0 Å². The van der Waals surface area contributed by atoms with Gasteiger partial charge in [0, 0.05) is 5.41 Å². The lowest BCUT2D eigenvalue weighted by molar-refractivity contribution is -0.183. The highest BCUT2D eigenvalue weighted by molar-refractivity contribution is 6.06. The highest BCUT2D eigenvalue weighted by Gasteiger charge is 2.73. The Bertz CT molecular complexity index is 983. The lowest BCUT2D eigenvalue weighted by Gasteiger charge is -2.68. The van der Waals surface area contributed by atoms with Crippen LogP contribution in [0.15, 0.2) is 11.6 Å². The van der Waals surface area contributed by atoms with Crippen LogP contribution in [0.1, 0.15) is 78.6 Å². The summed E-state index contributed by atoms with van der Waals surface area (Å²) in [7, 11) is 1.52. The van der Waals surface area contributed by atoms with Crippen LogP contribution >= 0.6 is 0 Å². The average Bonchev–Trinajstić information content (AvgIpc) is 3.14. The maximum atomic E-state index is 14.3. The second kappa shape index (κ2) is 8.68. The highest BCUT2D eigenvalue weighted by Crippen LogP contribution is 2.74. The molecular formula is C30H44N2O4. The first-order valence-electron chi connectivity index (χ1n) is 14.6. The number of allylic oxidation sites excluding steroid dienone is 2. The number of hydrogen-bond acceptors (Lipinski definition) is 5. The minimum Gasteiger partial charge on any atom is -0.469 e. The number of imide groups is 1. The predicted molar refractivity (Wildman–Crippen MR) is 136 cm³/mol. The van der Waals surface area contributed by atoms with Crippen molar-refractivity contribution in [2.45, 2.75) is 78.6 Å². The van der Waals surface area contributed by atoms with Gasteiger partial charge in [-0.2, -0.15) is 0 Å². The average molecular weight is 497 g/mol. The molecule has 2 amide bonds. The molecule has 7 aliphatic rings. The van der Waals surface area contributed by atoms with E-state index in [1.165, 1.54) is 19.1 Å². The van der Waals surface area contributed by atoms with Crippen molar-refractivity contribution < 1.29 is 19.1 Å². The summed E-state index contributed by atoms with van der Waals surface area (Å²) in [5.74, 6) is 0.809. The number of nitrogens with zero attached hydrogens (tertiary/aromatic N) is 2. The van der Waals surface area contributed by atoms with Crippen molar-refractivity contribution in [2.75, 3.05) is 26.9 Å². The van der Waals surface area contributed by atoms with E-state index in [9.17, 15) is 14.4 Å². The molecule has 198 valence electrons. The standard InChI is InChI=1S/C30H44N2O4/c1-18(2)22-15-19-16-23-29(3)11-8-9-20(28(35)36-4)21(29)10-12-30(22,23)25-24(19)26(33)32(27(25)34)17-31-13-6-5-7-14-31/h15,18-21,23-25H,5-14,16-17H2,1-4H3. The van der Waals surface area contributed by atoms with Crippen LogP contribution < -0.4 is 0 Å². The van der Waals surface area contributed by atoms with Gasteiger partial charge in [-0.25, -0.2) is 0 Å². The molecule has 0 N–H and O–H groups in total. The molecule has 8 atom stereocenters. The smallest absolute Gasteiger partial charge is 0.308 e. The number of piperidine rings is 1. The number of likely N-dealkylation sites (tertiary alicyclic amines) is 2. The molecule has 0 aromatic carbocycles. The first kappa shape index (κ1) is 24.6. The van der Waals surface area contributed by atoms with E-state index in [1.54, 1.807) is 4.90 Å². The van der Waals surface area contributed by atoms with Crippen molar-refractivity contribution in [2.24, 2.45) is 52.3 Å². The Morgan fingerprint density at radius 1 is 1.08 bits per heavy atom. The number of rotatable bonds is 4. The van der Waals surface area contributed by atoms with E-state index in [0.29, 0.717) is 24.4 Å². The zero-order valence-corrected chi connectivity index (χ0v) is 22.6. The zero-order valence-electron chi connectivity index (χ0n) is 22.6. The number of carbonyl (C=O) groups is 3. The predicted octanol–water partition coefficient (Wildman–Crippen LogP) is 4.64. The lowest BCUT2D eigenvalue weighted by atomic mass is 9.35. The summed E-state index contributed by atoms with van der Waals surface area (Å²) in [5, 5.41) is 0. The summed E-state index contributed by atoms with van der Waals surface area (Å²) in [4.78, 5) is 45.0. The largest absolute Gasteiger partial charge is 0.469 e. The Labute approximate surface area is 216 Å². The van der Waals surface area contributed by atoms with E-state index in [4.69, 9.17) is 4.74 Å². The topological polar surface area (TPSA) is 66.9 Å². The number of methoxy groups -OCH3 is 1. The third-order valence-electron chi connectivity index (χ3n) is 11.7. The normalized spacial score (nSPS) is 44.2. The minimum absolute atomic E-state index is 0.00338. The maximum absolute atomic E-state index is 14.3. The Hall–Kier alpha value is -1.69. The summed E-state index contributed by atoms with van der Waals surface area (Å²) in [6.07, 6.45) is 11.9. The third kappa shape index (κ3) is 3.21. The molecule has 2 heterocycles. The number of ether oxygens (including phenoxy) is 1. The molecule has 6 heteroatoms. The van der Waals surface area contributed by atoms with Gasteiger partial charge in [-0.05, 0) is 87.1 Å². The molecule has 8 unspecified atom stereocenters. The summed E-state index contributed by atoms with van der Waals surface area (Å²) >= 11 is 0. The molecule has 1 spiro atoms. The van der Waals surface area contributed by atoms with Gasteiger partial charge in [-0.3, -0.25) is 24.2 Å². The van der Waals surface area contributed by atoms with Crippen LogP contribution in [0.4, 0.5) is 0 Å². The molecule has 0 aromatic rings. The van der Waals surface area contributed by atoms with Crippen molar-refractivity contribution >= 4 is 17.8 Å². The Balaban J connectivity index is 1.40. The van der Waals surface area contributed by atoms with Crippen molar-refractivity contribution in [1.29, 1.82) is 0 Å². The first-order chi connectivity index (χ1) is 17.2. The summed E-state index contributed by atoms with van der Waals surface area (Å²) in [5.41, 5.74) is 1.18. The molecule has 6 nitrogen and oxygen atoms in total. The van der Waals surface area contributed by atoms with Gasteiger partial charge in [0.25, 0.3) is 0 Å². The molecular weight excluding hydrogens is 452 g/mol. The van der Waals surface area contributed by atoms with Crippen LogP contribution in [0.25, 0.3) is 0 Å². The van der Waals surface area contributed by atoms with Crippen molar-refractivity contribution in [3.63, 3.8) is 0 Å². The maximum Gasteiger partial charge on any atom is 0.308 e. The molecule has 0 radical (unpaired) electrons. The van der Waals surface area contributed by atoms with Gasteiger partial charge < -0.3 is 4.74 Å². The Kier molecular flexibility index (Phi) is 5.94. The van der Waals surface area contributed by atoms with Crippen LogP contribution in [0, 0.1) is 52.3 Å². The number of esters is 1. The molecule has 7 rings (SSSR count). The Morgan fingerprint density at radius 3 is 2.53 bits per heavy atom. The number of hydrogen-bond donors (Lipinski definition) is 0. The fourth-order valence-electron chi connectivity index (χ4n) is 10.4. The van der Waals surface area contributed by atoms with Crippen molar-refractivity contribution in [3.8, 4) is 0 Å². The van der Waals surface area contributed by atoms with E-state index in [2.05, 4.69) is 31.7 Å². The molecule has 3 saturated carbocycles. The van der Waals surface area contributed by atoms with E-state index in [0.717, 1.165) is 64.5 Å². The third-order valence-corrected chi connectivity index (χ3v) is 11.7. The van der Waals surface area contributed by atoms with Crippen molar-refractivity contribution in [1.82, 2.24) is 9.80 Å². The highest BCUT2D eigenvalue weighted by atomic mass is 16.5. The van der Waals surface area contributed by atoms with Gasteiger partial charge in [0.2, 0.25) is 11.8 Å². The van der Waals surface area contributed by atoms with Crippen LogP contribution in [-0.4, -0.2) is 54.5 Å². The van der Waals surface area contributed by atoms with E-state index in [1.807, 2.05) is 0 Å². The molecule has 5 aliphatic carbocycles.